The molecule has 2 rings (SSSR count). The van der Waals surface area contributed by atoms with Crippen molar-refractivity contribution >= 4 is 17.2 Å². The van der Waals surface area contributed by atoms with Gasteiger partial charge in [0.15, 0.2) is 0 Å². The standard InChI is InChI=1S/C12H14N4O3S/c1-6-4-16(12(19)14-10(6)17)5-8-3-9(11(18)15-13)20-7(8)2/h3-4H,5,13H2,1-2H3,(H,15,18)(H,14,17,19). The lowest BCUT2D eigenvalue weighted by atomic mass is 10.2. The number of nitrogens with two attached hydrogens (primary N) is 1. The number of carbonyl (C=O) groups is 1. The summed E-state index contributed by atoms with van der Waals surface area (Å²) in [4.78, 5) is 38.1. The molecule has 2 aromatic heterocycles. The summed E-state index contributed by atoms with van der Waals surface area (Å²) in [5, 5.41) is 0. The molecule has 0 radical (unpaired) electrons. The summed E-state index contributed by atoms with van der Waals surface area (Å²) in [5.74, 6) is 4.72. The molecule has 20 heavy (non-hydrogen) atoms. The van der Waals surface area contributed by atoms with Crippen LogP contribution in [0.5, 0.6) is 0 Å². The van der Waals surface area contributed by atoms with Gasteiger partial charge in [0.05, 0.1) is 11.4 Å². The van der Waals surface area contributed by atoms with Gasteiger partial charge in [-0.3, -0.25) is 24.6 Å². The van der Waals surface area contributed by atoms with E-state index >= 15 is 0 Å². The molecule has 0 aliphatic carbocycles. The highest BCUT2D eigenvalue weighted by atomic mass is 32.1. The fraction of sp³-hybridized carbons (Fsp3) is 0.250. The van der Waals surface area contributed by atoms with Crippen molar-refractivity contribution in [3.8, 4) is 0 Å². The number of H-pyrrole nitrogens is 1. The number of nitrogen functional groups attached to an aromatic ring is 1. The van der Waals surface area contributed by atoms with E-state index in [1.807, 2.05) is 6.92 Å². The molecule has 2 aromatic rings. The van der Waals surface area contributed by atoms with E-state index in [4.69, 9.17) is 5.84 Å². The van der Waals surface area contributed by atoms with E-state index in [2.05, 4.69) is 10.4 Å². The smallest absolute Gasteiger partial charge is 0.296 e. The first kappa shape index (κ1) is 14.2. The largest absolute Gasteiger partial charge is 0.328 e. The zero-order chi connectivity index (χ0) is 14.9. The van der Waals surface area contributed by atoms with E-state index in [0.29, 0.717) is 10.4 Å². The minimum atomic E-state index is -0.476. The Bertz CT molecular complexity index is 772. The number of nitrogens with zero attached hydrogens (tertiary/aromatic N) is 1. The first-order valence-electron chi connectivity index (χ1n) is 5.83. The van der Waals surface area contributed by atoms with Crippen LogP contribution in [0.25, 0.3) is 0 Å². The van der Waals surface area contributed by atoms with Crippen molar-refractivity contribution in [2.24, 2.45) is 5.84 Å². The van der Waals surface area contributed by atoms with Gasteiger partial charge in [-0.05, 0) is 25.5 Å². The van der Waals surface area contributed by atoms with Gasteiger partial charge in [0.2, 0.25) is 0 Å². The molecule has 0 aromatic carbocycles. The molecule has 0 spiro atoms. The van der Waals surface area contributed by atoms with Crippen molar-refractivity contribution in [1.82, 2.24) is 15.0 Å². The monoisotopic (exact) mass is 294 g/mol. The Labute approximate surface area is 118 Å². The summed E-state index contributed by atoms with van der Waals surface area (Å²) in [6, 6.07) is 1.69. The summed E-state index contributed by atoms with van der Waals surface area (Å²) in [7, 11) is 0. The van der Waals surface area contributed by atoms with Gasteiger partial charge in [-0.1, -0.05) is 0 Å². The number of carbonyl (C=O) groups excluding carboxylic acids is 1. The van der Waals surface area contributed by atoms with E-state index < -0.39 is 11.2 Å². The number of thiophene rings is 1. The van der Waals surface area contributed by atoms with E-state index in [1.165, 1.54) is 22.1 Å². The zero-order valence-corrected chi connectivity index (χ0v) is 11.8. The third kappa shape index (κ3) is 2.70. The zero-order valence-electron chi connectivity index (χ0n) is 11.0. The van der Waals surface area contributed by atoms with Crippen LogP contribution >= 0.6 is 11.3 Å². The Kier molecular flexibility index (Phi) is 3.86. The molecule has 0 atom stereocenters. The van der Waals surface area contributed by atoms with Crippen molar-refractivity contribution in [3.05, 3.63) is 54.0 Å². The van der Waals surface area contributed by atoms with Gasteiger partial charge < -0.3 is 0 Å². The van der Waals surface area contributed by atoms with Crippen LogP contribution in [0.1, 0.15) is 25.7 Å². The molecule has 0 aliphatic rings. The van der Waals surface area contributed by atoms with E-state index in [-0.39, 0.29) is 12.5 Å². The van der Waals surface area contributed by atoms with Crippen LogP contribution in [0.15, 0.2) is 21.9 Å². The second kappa shape index (κ2) is 5.43. The topological polar surface area (TPSA) is 110 Å². The highest BCUT2D eigenvalue weighted by Gasteiger charge is 2.12. The summed E-state index contributed by atoms with van der Waals surface area (Å²) in [6.45, 7) is 3.77. The van der Waals surface area contributed by atoms with Gasteiger partial charge in [0, 0.05) is 16.6 Å². The number of rotatable bonds is 3. The maximum atomic E-state index is 11.7. The van der Waals surface area contributed by atoms with Gasteiger partial charge in [0.25, 0.3) is 11.5 Å². The van der Waals surface area contributed by atoms with Gasteiger partial charge in [-0.15, -0.1) is 11.3 Å². The Balaban J connectivity index is 2.38. The third-order valence-electron chi connectivity index (χ3n) is 2.91. The van der Waals surface area contributed by atoms with Crippen LogP contribution in [0.2, 0.25) is 0 Å². The number of hydrazine groups is 1. The maximum Gasteiger partial charge on any atom is 0.328 e. The first-order valence-corrected chi connectivity index (χ1v) is 6.64. The highest BCUT2D eigenvalue weighted by molar-refractivity contribution is 7.14. The molecule has 2 heterocycles. The average molecular weight is 294 g/mol. The molecule has 7 nitrogen and oxygen atoms in total. The SMILES string of the molecule is Cc1sc(C(=O)NN)cc1Cn1cc(C)c(=O)[nH]c1=O. The van der Waals surface area contributed by atoms with E-state index in [1.54, 1.807) is 13.0 Å². The van der Waals surface area contributed by atoms with Crippen molar-refractivity contribution in [3.63, 3.8) is 0 Å². The van der Waals surface area contributed by atoms with Crippen LogP contribution in [0.4, 0.5) is 0 Å². The van der Waals surface area contributed by atoms with Crippen LogP contribution < -0.4 is 22.5 Å². The normalized spacial score (nSPS) is 10.6. The van der Waals surface area contributed by atoms with Gasteiger partial charge >= 0.3 is 5.69 Å². The lowest BCUT2D eigenvalue weighted by Crippen LogP contribution is -2.31. The molecule has 106 valence electrons. The number of aromatic amines is 1. The number of aryl methyl sites for hydroxylation is 2. The van der Waals surface area contributed by atoms with Crippen molar-refractivity contribution in [1.29, 1.82) is 0 Å². The molecule has 0 unspecified atom stereocenters. The quantitative estimate of drug-likeness (QED) is 0.416. The number of hydrogen-bond acceptors (Lipinski definition) is 5. The van der Waals surface area contributed by atoms with Gasteiger partial charge in [-0.25, -0.2) is 10.6 Å². The number of nitrogens with one attached hydrogen (secondary N) is 2. The maximum absolute atomic E-state index is 11.7. The molecule has 0 bridgehead atoms. The number of amides is 1. The Morgan fingerprint density at radius 3 is 2.80 bits per heavy atom. The first-order chi connectivity index (χ1) is 9.42. The average Bonchev–Trinajstić information content (AvgIpc) is 2.76. The van der Waals surface area contributed by atoms with Crippen molar-refractivity contribution < 1.29 is 4.79 Å². The second-order valence-electron chi connectivity index (χ2n) is 4.36. The highest BCUT2D eigenvalue weighted by Crippen LogP contribution is 2.21. The minimum Gasteiger partial charge on any atom is -0.296 e. The van der Waals surface area contributed by atoms with E-state index in [9.17, 15) is 14.4 Å². The minimum absolute atomic E-state index is 0.288. The Hall–Kier alpha value is -2.19. The van der Waals surface area contributed by atoms with Gasteiger partial charge in [0.1, 0.15) is 0 Å². The third-order valence-corrected chi connectivity index (χ3v) is 4.00. The fourth-order valence-corrected chi connectivity index (χ4v) is 2.72. The van der Waals surface area contributed by atoms with Crippen LogP contribution in [0.3, 0.4) is 0 Å². The molecular weight excluding hydrogens is 280 g/mol. The van der Waals surface area contributed by atoms with Crippen LogP contribution in [-0.2, 0) is 6.54 Å². The van der Waals surface area contributed by atoms with Crippen molar-refractivity contribution in [2.45, 2.75) is 20.4 Å². The Morgan fingerprint density at radius 2 is 2.15 bits per heavy atom. The lowest BCUT2D eigenvalue weighted by Gasteiger charge is -2.05. The summed E-state index contributed by atoms with van der Waals surface area (Å²) < 4.78 is 1.40. The Morgan fingerprint density at radius 1 is 1.45 bits per heavy atom. The lowest BCUT2D eigenvalue weighted by molar-refractivity contribution is 0.0957. The molecule has 0 saturated heterocycles. The number of aromatic nitrogens is 2. The van der Waals surface area contributed by atoms with Crippen molar-refractivity contribution in [2.75, 3.05) is 0 Å². The second-order valence-corrected chi connectivity index (χ2v) is 5.62. The summed E-state index contributed by atoms with van der Waals surface area (Å²) in [5.41, 5.74) is 2.49. The number of hydrogen-bond donors (Lipinski definition) is 3. The van der Waals surface area contributed by atoms with E-state index in [0.717, 1.165) is 10.4 Å². The molecule has 0 fully saturated rings. The summed E-state index contributed by atoms with van der Waals surface area (Å²) in [6.07, 6.45) is 1.50. The molecule has 4 N–H and O–H groups in total. The molecule has 0 saturated carbocycles. The predicted molar refractivity (Wildman–Crippen MR) is 75.9 cm³/mol. The van der Waals surface area contributed by atoms with Crippen LogP contribution in [0, 0.1) is 13.8 Å². The van der Waals surface area contributed by atoms with Crippen LogP contribution in [-0.4, -0.2) is 15.5 Å². The molecule has 0 aliphatic heterocycles. The molecule has 1 amide bonds. The summed E-state index contributed by atoms with van der Waals surface area (Å²) >= 11 is 1.30. The molecular formula is C12H14N4O3S. The predicted octanol–water partition coefficient (Wildman–Crippen LogP) is -0.133. The molecule has 8 heteroatoms. The fourth-order valence-electron chi connectivity index (χ4n) is 1.78. The van der Waals surface area contributed by atoms with Gasteiger partial charge in [-0.2, -0.15) is 0 Å².